The first-order chi connectivity index (χ1) is 9.65. The van der Waals surface area contributed by atoms with Crippen LogP contribution in [-0.2, 0) is 0 Å². The predicted octanol–water partition coefficient (Wildman–Crippen LogP) is 3.18. The number of rotatable bonds is 2. The minimum Gasteiger partial charge on any atom is -0.618 e. The van der Waals surface area contributed by atoms with Crippen molar-refractivity contribution in [3.05, 3.63) is 63.8 Å². The van der Waals surface area contributed by atoms with Crippen LogP contribution in [0, 0.1) is 5.21 Å². The van der Waals surface area contributed by atoms with Crippen LogP contribution < -0.4 is 4.74 Å². The minimum atomic E-state index is -0.384. The number of hydrogen-bond acceptors (Lipinski definition) is 3. The third-order valence-electron chi connectivity index (χ3n) is 3.22. The number of carbonyl (C=O) groups excluding carboxylic acids is 1. The molecule has 0 saturated heterocycles. The van der Waals surface area contributed by atoms with Gasteiger partial charge < -0.3 is 9.94 Å². The highest BCUT2D eigenvalue weighted by Gasteiger charge is 2.39. The lowest BCUT2D eigenvalue weighted by Gasteiger charge is -2.06. The number of Topliss-reactive ketones (excluding diaryl/α,β-unsaturated/α-hetero) is 1. The molecule has 0 N–H and O–H groups in total. The Bertz CT molecular complexity index is 753. The van der Waals surface area contributed by atoms with Gasteiger partial charge in [0.1, 0.15) is 11.3 Å². The number of methoxy groups -OCH3 is 1. The fraction of sp³-hybridized carbons (Fsp3) is 0.0667. The Labute approximate surface area is 120 Å². The summed E-state index contributed by atoms with van der Waals surface area (Å²) in [5.74, 6) is 0.0886. The Hall–Kier alpha value is -2.33. The van der Waals surface area contributed by atoms with Crippen LogP contribution >= 0.6 is 11.6 Å². The maximum absolute atomic E-state index is 12.5. The number of nitrogens with zero attached hydrogens (tertiary/aromatic N) is 1. The van der Waals surface area contributed by atoms with Gasteiger partial charge in [-0.25, -0.2) is 0 Å². The normalized spacial score (nSPS) is 13.6. The molecule has 0 unspecified atom stereocenters. The highest BCUT2D eigenvalue weighted by Crippen LogP contribution is 2.34. The zero-order valence-electron chi connectivity index (χ0n) is 10.6. The average Bonchev–Trinajstić information content (AvgIpc) is 2.72. The predicted molar refractivity (Wildman–Crippen MR) is 76.2 cm³/mol. The molecule has 1 aliphatic rings. The molecule has 0 aliphatic carbocycles. The zero-order valence-corrected chi connectivity index (χ0v) is 11.3. The highest BCUT2D eigenvalue weighted by molar-refractivity contribution is 6.55. The van der Waals surface area contributed by atoms with E-state index in [9.17, 15) is 10.0 Å². The summed E-state index contributed by atoms with van der Waals surface area (Å²) in [6.45, 7) is 0. The molecule has 1 aliphatic heterocycles. The molecule has 5 heteroatoms. The highest BCUT2D eigenvalue weighted by atomic mass is 35.5. The lowest BCUT2D eigenvalue weighted by Crippen LogP contribution is -2.17. The van der Waals surface area contributed by atoms with E-state index >= 15 is 0 Å². The Balaban J connectivity index is 2.25. The molecule has 2 aromatic carbocycles. The molecule has 0 bridgehead atoms. The number of ether oxygens (including phenoxy) is 1. The van der Waals surface area contributed by atoms with E-state index in [-0.39, 0.29) is 27.8 Å². The molecular formula is C15H10ClNO3. The molecule has 2 aromatic rings. The number of ketones is 1. The lowest BCUT2D eigenvalue weighted by atomic mass is 10.0. The fourth-order valence-corrected chi connectivity index (χ4v) is 2.57. The molecule has 20 heavy (non-hydrogen) atoms. The quantitative estimate of drug-likeness (QED) is 0.630. The van der Waals surface area contributed by atoms with E-state index in [1.165, 1.54) is 7.11 Å². The zero-order chi connectivity index (χ0) is 14.3. The molecular weight excluding hydrogens is 278 g/mol. The van der Waals surface area contributed by atoms with Gasteiger partial charge in [0.15, 0.2) is 0 Å². The van der Waals surface area contributed by atoms with Crippen LogP contribution in [0.4, 0.5) is 5.69 Å². The monoisotopic (exact) mass is 287 g/mol. The topological polar surface area (TPSA) is 52.4 Å². The van der Waals surface area contributed by atoms with E-state index in [4.69, 9.17) is 16.3 Å². The van der Waals surface area contributed by atoms with Crippen molar-refractivity contribution in [2.24, 2.45) is 0 Å². The van der Waals surface area contributed by atoms with Gasteiger partial charge in [-0.3, -0.25) is 4.79 Å². The van der Waals surface area contributed by atoms with E-state index in [0.717, 1.165) is 0 Å². The second-order valence-electron chi connectivity index (χ2n) is 4.31. The van der Waals surface area contributed by atoms with E-state index in [1.54, 1.807) is 42.5 Å². The van der Waals surface area contributed by atoms with E-state index in [0.29, 0.717) is 16.1 Å². The van der Waals surface area contributed by atoms with Crippen molar-refractivity contribution in [2.75, 3.05) is 7.11 Å². The number of hydrogen-bond donors (Lipinski definition) is 0. The first-order valence-corrected chi connectivity index (χ1v) is 6.33. The number of para-hydroxylation sites is 1. The van der Waals surface area contributed by atoms with Crippen molar-refractivity contribution >= 4 is 28.8 Å². The van der Waals surface area contributed by atoms with Gasteiger partial charge in [-0.1, -0.05) is 29.8 Å². The van der Waals surface area contributed by atoms with Crippen molar-refractivity contribution in [1.82, 2.24) is 0 Å². The number of fused-ring (bicyclic) bond motifs is 1. The van der Waals surface area contributed by atoms with E-state index < -0.39 is 0 Å². The summed E-state index contributed by atoms with van der Waals surface area (Å²) in [7, 11) is 1.49. The molecule has 0 radical (unpaired) electrons. The molecule has 4 nitrogen and oxygen atoms in total. The van der Waals surface area contributed by atoms with Crippen LogP contribution in [0.25, 0.3) is 0 Å². The molecule has 0 spiro atoms. The first kappa shape index (κ1) is 12.7. The third-order valence-corrected chi connectivity index (χ3v) is 3.53. The molecule has 0 saturated carbocycles. The Morgan fingerprint density at radius 3 is 2.60 bits per heavy atom. The van der Waals surface area contributed by atoms with Gasteiger partial charge in [0, 0.05) is 6.07 Å². The van der Waals surface area contributed by atoms with Crippen molar-refractivity contribution in [3.63, 3.8) is 0 Å². The van der Waals surface area contributed by atoms with Crippen molar-refractivity contribution in [2.45, 2.75) is 0 Å². The van der Waals surface area contributed by atoms with E-state index in [2.05, 4.69) is 0 Å². The number of carbonyl (C=O) groups is 1. The molecule has 1 heterocycles. The van der Waals surface area contributed by atoms with Crippen LogP contribution in [-0.4, -0.2) is 23.3 Å². The Kier molecular flexibility index (Phi) is 2.95. The summed E-state index contributed by atoms with van der Waals surface area (Å²) in [5.41, 5.74) is 1.00. The largest absolute Gasteiger partial charge is 0.618 e. The third kappa shape index (κ3) is 1.69. The van der Waals surface area contributed by atoms with Gasteiger partial charge in [-0.2, -0.15) is 4.74 Å². The molecule has 0 fully saturated rings. The standard InChI is InChI=1S/C15H10ClNO3/c1-20-12-8-3-2-5-9(12)14-15(18)13-10(16)6-4-7-11(13)17(14)19/h2-8H,1H3. The van der Waals surface area contributed by atoms with Gasteiger partial charge in [-0.05, 0) is 18.2 Å². The van der Waals surface area contributed by atoms with Gasteiger partial charge in [0.2, 0.25) is 5.69 Å². The number of halogens is 1. The minimum absolute atomic E-state index is 0.0329. The summed E-state index contributed by atoms with van der Waals surface area (Å²) >= 11 is 6.03. The van der Waals surface area contributed by atoms with Crippen molar-refractivity contribution in [1.29, 1.82) is 0 Å². The molecule has 0 amide bonds. The van der Waals surface area contributed by atoms with E-state index in [1.807, 2.05) is 0 Å². The van der Waals surface area contributed by atoms with Crippen molar-refractivity contribution < 1.29 is 14.3 Å². The van der Waals surface area contributed by atoms with Crippen LogP contribution in [0.3, 0.4) is 0 Å². The van der Waals surface area contributed by atoms with Gasteiger partial charge in [0.05, 0.1) is 17.7 Å². The Morgan fingerprint density at radius 2 is 1.90 bits per heavy atom. The lowest BCUT2D eigenvalue weighted by molar-refractivity contribution is -0.355. The summed E-state index contributed by atoms with van der Waals surface area (Å²) in [6, 6.07) is 11.7. The fourth-order valence-electron chi connectivity index (χ4n) is 2.31. The van der Waals surface area contributed by atoms with Crippen LogP contribution in [0.1, 0.15) is 15.9 Å². The molecule has 0 atom stereocenters. The smallest absolute Gasteiger partial charge is 0.276 e. The summed E-state index contributed by atoms with van der Waals surface area (Å²) < 4.78 is 5.82. The van der Waals surface area contributed by atoms with Crippen LogP contribution in [0.2, 0.25) is 5.02 Å². The van der Waals surface area contributed by atoms with Crippen LogP contribution in [0.15, 0.2) is 42.5 Å². The maximum Gasteiger partial charge on any atom is 0.276 e. The maximum atomic E-state index is 12.5. The number of benzene rings is 2. The average molecular weight is 288 g/mol. The SMILES string of the molecule is COc1ccccc1C1=[N+]([O-])c2cccc(Cl)c2C1=O. The van der Waals surface area contributed by atoms with Gasteiger partial charge in [0.25, 0.3) is 11.5 Å². The van der Waals surface area contributed by atoms with Crippen LogP contribution in [0.5, 0.6) is 5.75 Å². The second kappa shape index (κ2) is 4.65. The van der Waals surface area contributed by atoms with Gasteiger partial charge >= 0.3 is 0 Å². The Morgan fingerprint density at radius 1 is 1.15 bits per heavy atom. The summed E-state index contributed by atoms with van der Waals surface area (Å²) in [5, 5.41) is 12.6. The summed E-state index contributed by atoms with van der Waals surface area (Å²) in [4.78, 5) is 12.5. The first-order valence-electron chi connectivity index (χ1n) is 5.96. The molecule has 100 valence electrons. The van der Waals surface area contributed by atoms with Gasteiger partial charge in [-0.15, -0.1) is 0 Å². The molecule has 3 rings (SSSR count). The molecule has 0 aromatic heterocycles. The summed E-state index contributed by atoms with van der Waals surface area (Å²) in [6.07, 6.45) is 0. The second-order valence-corrected chi connectivity index (χ2v) is 4.71. The van der Waals surface area contributed by atoms with Crippen molar-refractivity contribution in [3.8, 4) is 5.75 Å².